The van der Waals surface area contributed by atoms with Crippen LogP contribution in [0.3, 0.4) is 0 Å². The molecule has 0 saturated carbocycles. The van der Waals surface area contributed by atoms with Gasteiger partial charge in [0, 0.05) is 11.3 Å². The average Bonchev–Trinajstić information content (AvgIpc) is 3.22. The Kier molecular flexibility index (Phi) is 8.59. The Hall–Kier alpha value is -4.26. The fourth-order valence-corrected chi connectivity index (χ4v) is 4.71. The molecule has 3 aromatic rings. The van der Waals surface area contributed by atoms with Gasteiger partial charge >= 0.3 is 0 Å². The molecule has 1 saturated heterocycles. The number of carbonyl (C=O) groups excluding carboxylic acids is 2. The third-order valence-electron chi connectivity index (χ3n) is 6.67. The molecule has 7 heteroatoms. The number of amides is 1. The predicted octanol–water partition coefficient (Wildman–Crippen LogP) is 6.63. The highest BCUT2D eigenvalue weighted by molar-refractivity contribution is 6.51. The summed E-state index contributed by atoms with van der Waals surface area (Å²) in [5.41, 5.74) is 2.56. The van der Waals surface area contributed by atoms with E-state index in [9.17, 15) is 14.7 Å². The molecule has 0 bridgehead atoms. The number of hydrogen-bond acceptors (Lipinski definition) is 6. The van der Waals surface area contributed by atoms with Crippen molar-refractivity contribution in [2.45, 2.75) is 46.1 Å². The first kappa shape index (κ1) is 27.8. The largest absolute Gasteiger partial charge is 0.507 e. The molecule has 1 fully saturated rings. The number of carbonyl (C=O) groups is 2. The first-order valence-electron chi connectivity index (χ1n) is 13.3. The van der Waals surface area contributed by atoms with Crippen LogP contribution >= 0.6 is 0 Å². The molecule has 1 atom stereocenters. The minimum absolute atomic E-state index is 0.0249. The van der Waals surface area contributed by atoms with Crippen LogP contribution in [0.4, 0.5) is 5.69 Å². The smallest absolute Gasteiger partial charge is 0.300 e. The first-order chi connectivity index (χ1) is 18.8. The van der Waals surface area contributed by atoms with Gasteiger partial charge in [0.15, 0.2) is 0 Å². The molecule has 4 rings (SSSR count). The van der Waals surface area contributed by atoms with Gasteiger partial charge in [-0.15, -0.1) is 0 Å². The summed E-state index contributed by atoms with van der Waals surface area (Å²) in [5, 5.41) is 11.6. The molecular weight excluding hydrogens is 494 g/mol. The fourth-order valence-electron chi connectivity index (χ4n) is 4.71. The molecule has 39 heavy (non-hydrogen) atoms. The highest BCUT2D eigenvalue weighted by Crippen LogP contribution is 2.43. The quantitative estimate of drug-likeness (QED) is 0.180. The molecule has 1 unspecified atom stereocenters. The zero-order chi connectivity index (χ0) is 28.1. The van der Waals surface area contributed by atoms with Crippen LogP contribution in [-0.4, -0.2) is 37.1 Å². The van der Waals surface area contributed by atoms with Crippen molar-refractivity contribution in [3.05, 3.63) is 89.0 Å². The fraction of sp³-hybridized carbons (Fsp3) is 0.312. The third-order valence-corrected chi connectivity index (χ3v) is 6.67. The monoisotopic (exact) mass is 529 g/mol. The predicted molar refractivity (Wildman–Crippen MR) is 152 cm³/mol. The zero-order valence-corrected chi connectivity index (χ0v) is 23.1. The van der Waals surface area contributed by atoms with Gasteiger partial charge in [-0.1, -0.05) is 32.9 Å². The maximum atomic E-state index is 13.5. The summed E-state index contributed by atoms with van der Waals surface area (Å²) in [6.07, 6.45) is 0.875. The van der Waals surface area contributed by atoms with Crippen LogP contribution in [0.25, 0.3) is 5.76 Å². The lowest BCUT2D eigenvalue weighted by Crippen LogP contribution is -2.29. The van der Waals surface area contributed by atoms with Crippen molar-refractivity contribution < 1.29 is 28.9 Å². The van der Waals surface area contributed by atoms with Gasteiger partial charge in [-0.25, -0.2) is 0 Å². The van der Waals surface area contributed by atoms with E-state index >= 15 is 0 Å². The Labute approximate surface area is 229 Å². The average molecular weight is 530 g/mol. The number of benzene rings is 3. The van der Waals surface area contributed by atoms with Crippen LogP contribution in [0.15, 0.2) is 72.3 Å². The van der Waals surface area contributed by atoms with Crippen molar-refractivity contribution in [3.63, 3.8) is 0 Å². The van der Waals surface area contributed by atoms with E-state index in [-0.39, 0.29) is 17.3 Å². The van der Waals surface area contributed by atoms with E-state index in [1.807, 2.05) is 58.0 Å². The van der Waals surface area contributed by atoms with Crippen LogP contribution < -0.4 is 19.1 Å². The normalized spacial score (nSPS) is 16.6. The van der Waals surface area contributed by atoms with Gasteiger partial charge in [0.2, 0.25) is 0 Å². The van der Waals surface area contributed by atoms with Crippen LogP contribution in [-0.2, 0) is 9.59 Å². The molecule has 0 aromatic heterocycles. The Morgan fingerprint density at radius 3 is 2.18 bits per heavy atom. The minimum atomic E-state index is -0.840. The lowest BCUT2D eigenvalue weighted by Gasteiger charge is -2.26. The molecule has 1 heterocycles. The van der Waals surface area contributed by atoms with Crippen LogP contribution in [0.5, 0.6) is 17.2 Å². The third kappa shape index (κ3) is 5.62. The van der Waals surface area contributed by atoms with Gasteiger partial charge in [-0.2, -0.15) is 0 Å². The van der Waals surface area contributed by atoms with E-state index in [0.717, 1.165) is 17.7 Å². The second kappa shape index (κ2) is 12.1. The number of ether oxygens (including phenoxy) is 3. The molecule has 0 radical (unpaired) electrons. The Bertz CT molecular complexity index is 1360. The SMILES string of the molecule is CCCOc1ccc(C2/C(=C(/O)c3ccc(OCC)c(C(C)C)c3)C(=O)C(=O)N2c2ccc(OC)cc2)cc1. The topological polar surface area (TPSA) is 85.3 Å². The van der Waals surface area contributed by atoms with Crippen molar-refractivity contribution in [1.29, 1.82) is 0 Å². The van der Waals surface area contributed by atoms with Gasteiger partial charge in [0.25, 0.3) is 11.7 Å². The Morgan fingerprint density at radius 2 is 1.59 bits per heavy atom. The molecule has 1 aliphatic rings. The first-order valence-corrected chi connectivity index (χ1v) is 13.3. The summed E-state index contributed by atoms with van der Waals surface area (Å²) in [6.45, 7) is 9.11. The number of nitrogens with zero attached hydrogens (tertiary/aromatic N) is 1. The van der Waals surface area contributed by atoms with Crippen molar-refractivity contribution >= 4 is 23.1 Å². The lowest BCUT2D eigenvalue weighted by atomic mass is 9.93. The Balaban J connectivity index is 1.88. The number of Topliss-reactive ketones (excluding diaryl/α,β-unsaturated/α-hetero) is 1. The second-order valence-corrected chi connectivity index (χ2v) is 9.62. The zero-order valence-electron chi connectivity index (χ0n) is 23.1. The molecule has 3 aromatic carbocycles. The van der Waals surface area contributed by atoms with E-state index < -0.39 is 17.7 Å². The summed E-state index contributed by atoms with van der Waals surface area (Å²) < 4.78 is 16.8. The summed E-state index contributed by atoms with van der Waals surface area (Å²) in [6, 6.07) is 18.7. The van der Waals surface area contributed by atoms with E-state index in [2.05, 4.69) is 0 Å². The number of aliphatic hydroxyl groups is 1. The van der Waals surface area contributed by atoms with Crippen molar-refractivity contribution in [2.24, 2.45) is 0 Å². The molecule has 0 spiro atoms. The van der Waals surface area contributed by atoms with E-state index in [0.29, 0.717) is 41.5 Å². The lowest BCUT2D eigenvalue weighted by molar-refractivity contribution is -0.132. The van der Waals surface area contributed by atoms with E-state index in [1.54, 1.807) is 43.5 Å². The number of ketones is 1. The molecular formula is C32H35NO6. The number of anilines is 1. The standard InChI is InChI=1S/C32H35NO6/c1-6-18-39-25-13-8-21(9-14-25)29-28(30(34)22-10-17-27(38-7-2)26(19-22)20(3)4)31(35)32(36)33(29)23-11-15-24(37-5)16-12-23/h8-17,19-20,29,34H,6-7,18H2,1-5H3/b30-28-. The molecule has 1 N–H and O–H groups in total. The maximum Gasteiger partial charge on any atom is 0.300 e. The number of hydrogen-bond donors (Lipinski definition) is 1. The summed E-state index contributed by atoms with van der Waals surface area (Å²) in [7, 11) is 1.56. The van der Waals surface area contributed by atoms with Crippen molar-refractivity contribution in [3.8, 4) is 17.2 Å². The maximum absolute atomic E-state index is 13.5. The molecule has 0 aliphatic carbocycles. The highest BCUT2D eigenvalue weighted by atomic mass is 16.5. The molecule has 204 valence electrons. The second-order valence-electron chi connectivity index (χ2n) is 9.62. The Morgan fingerprint density at radius 1 is 0.923 bits per heavy atom. The number of aliphatic hydroxyl groups excluding tert-OH is 1. The van der Waals surface area contributed by atoms with Gasteiger partial charge in [-0.3, -0.25) is 14.5 Å². The summed E-state index contributed by atoms with van der Waals surface area (Å²) in [4.78, 5) is 28.4. The van der Waals surface area contributed by atoms with Crippen LogP contribution in [0.1, 0.15) is 62.8 Å². The number of methoxy groups -OCH3 is 1. The molecule has 7 nitrogen and oxygen atoms in total. The van der Waals surface area contributed by atoms with E-state index in [4.69, 9.17) is 14.2 Å². The van der Waals surface area contributed by atoms with Crippen molar-refractivity contribution in [2.75, 3.05) is 25.2 Å². The van der Waals surface area contributed by atoms with Crippen LogP contribution in [0.2, 0.25) is 0 Å². The molecule has 1 amide bonds. The van der Waals surface area contributed by atoms with Gasteiger partial charge < -0.3 is 19.3 Å². The van der Waals surface area contributed by atoms with Gasteiger partial charge in [-0.05, 0) is 85.0 Å². The summed E-state index contributed by atoms with van der Waals surface area (Å²) in [5.74, 6) is 0.461. The highest BCUT2D eigenvalue weighted by Gasteiger charge is 2.47. The van der Waals surface area contributed by atoms with Crippen molar-refractivity contribution in [1.82, 2.24) is 0 Å². The van der Waals surface area contributed by atoms with Gasteiger partial charge in [0.1, 0.15) is 23.0 Å². The minimum Gasteiger partial charge on any atom is -0.507 e. The number of rotatable bonds is 10. The molecule has 1 aliphatic heterocycles. The van der Waals surface area contributed by atoms with E-state index in [1.165, 1.54) is 4.90 Å². The van der Waals surface area contributed by atoms with Crippen LogP contribution in [0, 0.1) is 0 Å². The summed E-state index contributed by atoms with van der Waals surface area (Å²) >= 11 is 0. The van der Waals surface area contributed by atoms with Gasteiger partial charge in [0.05, 0.1) is 31.9 Å².